The third-order valence-electron chi connectivity index (χ3n) is 1.44. The van der Waals surface area contributed by atoms with Crippen LogP contribution in [0.2, 0.25) is 0 Å². The van der Waals surface area contributed by atoms with Crippen molar-refractivity contribution in [3.63, 3.8) is 0 Å². The summed E-state index contributed by atoms with van der Waals surface area (Å²) >= 11 is 0.818. The highest BCUT2D eigenvalue weighted by molar-refractivity contribution is 7.17. The molecule has 0 unspecified atom stereocenters. The van der Waals surface area contributed by atoms with Crippen molar-refractivity contribution in [2.75, 3.05) is 6.61 Å². The lowest BCUT2D eigenvalue weighted by Gasteiger charge is -1.86. The van der Waals surface area contributed by atoms with Crippen LogP contribution in [0.15, 0.2) is 12.1 Å². The van der Waals surface area contributed by atoms with Gasteiger partial charge in [-0.25, -0.2) is 0 Å². The number of carbonyl (C=O) groups is 1. The number of hydrogen-bond donors (Lipinski definition) is 1. The molecule has 1 N–H and O–H groups in total. The number of aldehydes is 1. The van der Waals surface area contributed by atoms with Crippen LogP contribution in [0, 0.1) is 10.1 Å². The molecule has 0 aliphatic rings. The molecule has 14 heavy (non-hydrogen) atoms. The maximum Gasteiger partial charge on any atom is 0.331 e. The minimum absolute atomic E-state index is 0.0863. The minimum Gasteiger partial charge on any atom is -0.392 e. The van der Waals surface area contributed by atoms with Gasteiger partial charge in [0.25, 0.3) is 0 Å². The lowest BCUT2D eigenvalue weighted by atomic mass is 10.2. The van der Waals surface area contributed by atoms with Gasteiger partial charge in [0.1, 0.15) is 0 Å². The average molecular weight is 213 g/mol. The number of thiophene rings is 1. The molecule has 1 rings (SSSR count). The summed E-state index contributed by atoms with van der Waals surface area (Å²) in [5, 5.41) is 18.9. The molecule has 0 aromatic carbocycles. The Balaban J connectivity index is 3.11. The molecule has 0 fully saturated rings. The van der Waals surface area contributed by atoms with Gasteiger partial charge in [0.15, 0.2) is 6.29 Å². The van der Waals surface area contributed by atoms with Gasteiger partial charge < -0.3 is 5.11 Å². The van der Waals surface area contributed by atoms with Crippen LogP contribution in [0.1, 0.15) is 15.2 Å². The zero-order valence-electron chi connectivity index (χ0n) is 7.04. The first-order valence-corrected chi connectivity index (χ1v) is 4.51. The van der Waals surface area contributed by atoms with E-state index in [4.69, 9.17) is 5.11 Å². The Morgan fingerprint density at radius 3 is 2.86 bits per heavy atom. The molecule has 0 aliphatic carbocycles. The van der Waals surface area contributed by atoms with Gasteiger partial charge in [0, 0.05) is 0 Å². The number of nitrogens with zero attached hydrogens (tertiary/aromatic N) is 1. The van der Waals surface area contributed by atoms with E-state index in [2.05, 4.69) is 0 Å². The topological polar surface area (TPSA) is 80.4 Å². The Morgan fingerprint density at radius 1 is 1.64 bits per heavy atom. The number of aliphatic hydroxyl groups is 1. The molecule has 0 amide bonds. The summed E-state index contributed by atoms with van der Waals surface area (Å²) in [4.78, 5) is 20.7. The molecule has 5 nitrogen and oxygen atoms in total. The average Bonchev–Trinajstić information content (AvgIpc) is 2.58. The summed E-state index contributed by atoms with van der Waals surface area (Å²) in [5.41, 5.74) is 0.344. The number of rotatable bonds is 4. The molecule has 74 valence electrons. The molecule has 1 aromatic heterocycles. The van der Waals surface area contributed by atoms with Crippen molar-refractivity contribution in [2.45, 2.75) is 0 Å². The molecule has 0 spiro atoms. The SMILES string of the molecule is O=Cc1cc(C=CCO)c([N+](=O)[O-])s1. The maximum absolute atomic E-state index is 10.5. The van der Waals surface area contributed by atoms with Crippen LogP contribution in [-0.4, -0.2) is 22.9 Å². The highest BCUT2D eigenvalue weighted by atomic mass is 32.1. The van der Waals surface area contributed by atoms with E-state index in [-0.39, 0.29) is 11.6 Å². The molecule has 0 radical (unpaired) electrons. The first kappa shape index (κ1) is 10.6. The van der Waals surface area contributed by atoms with E-state index in [0.717, 1.165) is 11.3 Å². The van der Waals surface area contributed by atoms with Gasteiger partial charge in [-0.2, -0.15) is 0 Å². The van der Waals surface area contributed by atoms with Gasteiger partial charge in [0.2, 0.25) is 0 Å². The second kappa shape index (κ2) is 4.64. The number of carbonyl (C=O) groups excluding carboxylic acids is 1. The summed E-state index contributed by atoms with van der Waals surface area (Å²) in [6, 6.07) is 1.42. The van der Waals surface area contributed by atoms with E-state index in [1.165, 1.54) is 18.2 Å². The van der Waals surface area contributed by atoms with Crippen molar-refractivity contribution in [1.29, 1.82) is 0 Å². The summed E-state index contributed by atoms with van der Waals surface area (Å²) in [6.45, 7) is -0.191. The molecule has 0 bridgehead atoms. The van der Waals surface area contributed by atoms with Crippen LogP contribution in [0.5, 0.6) is 0 Å². The van der Waals surface area contributed by atoms with Crippen molar-refractivity contribution in [3.05, 3.63) is 32.7 Å². The van der Waals surface area contributed by atoms with Crippen LogP contribution in [0.25, 0.3) is 6.08 Å². The van der Waals surface area contributed by atoms with Crippen molar-refractivity contribution < 1.29 is 14.8 Å². The third kappa shape index (κ3) is 2.24. The summed E-state index contributed by atoms with van der Waals surface area (Å²) in [7, 11) is 0. The Labute approximate surface area is 83.5 Å². The van der Waals surface area contributed by atoms with Crippen LogP contribution < -0.4 is 0 Å². The molecule has 0 saturated heterocycles. The minimum atomic E-state index is -0.547. The quantitative estimate of drug-likeness (QED) is 0.466. The van der Waals surface area contributed by atoms with Crippen LogP contribution in [0.3, 0.4) is 0 Å². The van der Waals surface area contributed by atoms with Gasteiger partial charge in [0.05, 0.1) is 22.0 Å². The van der Waals surface area contributed by atoms with Crippen molar-refractivity contribution in [2.24, 2.45) is 0 Å². The fraction of sp³-hybridized carbons (Fsp3) is 0.125. The monoisotopic (exact) mass is 213 g/mol. The van der Waals surface area contributed by atoms with E-state index < -0.39 is 4.92 Å². The predicted molar refractivity (Wildman–Crippen MR) is 52.5 cm³/mol. The Kier molecular flexibility index (Phi) is 3.49. The van der Waals surface area contributed by atoms with Gasteiger partial charge >= 0.3 is 5.00 Å². The molecule has 6 heteroatoms. The smallest absolute Gasteiger partial charge is 0.331 e. The van der Waals surface area contributed by atoms with Crippen molar-refractivity contribution in [3.8, 4) is 0 Å². The Hall–Kier alpha value is -1.53. The van der Waals surface area contributed by atoms with Gasteiger partial charge in [-0.1, -0.05) is 17.4 Å². The number of hydrogen-bond acceptors (Lipinski definition) is 5. The molecule has 0 atom stereocenters. The molecular formula is C8H7NO4S. The van der Waals surface area contributed by atoms with Crippen LogP contribution >= 0.6 is 11.3 Å². The predicted octanol–water partition coefficient (Wildman–Crippen LogP) is 1.47. The summed E-state index contributed by atoms with van der Waals surface area (Å²) < 4.78 is 0. The zero-order chi connectivity index (χ0) is 10.6. The molecule has 1 aromatic rings. The molecule has 1 heterocycles. The molecular weight excluding hydrogens is 206 g/mol. The third-order valence-corrected chi connectivity index (χ3v) is 2.47. The first-order valence-electron chi connectivity index (χ1n) is 3.70. The second-order valence-corrected chi connectivity index (χ2v) is 3.43. The van der Waals surface area contributed by atoms with E-state index in [1.54, 1.807) is 0 Å². The Bertz CT molecular complexity index is 383. The maximum atomic E-state index is 10.5. The molecule has 0 saturated carbocycles. The van der Waals surface area contributed by atoms with Crippen molar-refractivity contribution in [1.82, 2.24) is 0 Å². The number of nitro groups is 1. The number of aliphatic hydroxyl groups excluding tert-OH is 1. The zero-order valence-corrected chi connectivity index (χ0v) is 7.86. The lowest BCUT2D eigenvalue weighted by molar-refractivity contribution is -0.380. The highest BCUT2D eigenvalue weighted by Crippen LogP contribution is 2.30. The Morgan fingerprint density at radius 2 is 2.36 bits per heavy atom. The fourth-order valence-electron chi connectivity index (χ4n) is 0.915. The summed E-state index contributed by atoms with van der Waals surface area (Å²) in [5.74, 6) is 0. The van der Waals surface area contributed by atoms with Gasteiger partial charge in [-0.15, -0.1) is 0 Å². The van der Waals surface area contributed by atoms with Gasteiger partial charge in [-0.3, -0.25) is 14.9 Å². The first-order chi connectivity index (χ1) is 6.69. The second-order valence-electron chi connectivity index (χ2n) is 2.37. The normalized spacial score (nSPS) is 10.6. The van der Waals surface area contributed by atoms with E-state index in [9.17, 15) is 14.9 Å². The lowest BCUT2D eigenvalue weighted by Crippen LogP contribution is -1.85. The van der Waals surface area contributed by atoms with Crippen molar-refractivity contribution >= 4 is 28.7 Å². The van der Waals surface area contributed by atoms with Crippen LogP contribution in [0.4, 0.5) is 5.00 Å². The fourth-order valence-corrected chi connectivity index (χ4v) is 1.69. The van der Waals surface area contributed by atoms with Crippen LogP contribution in [-0.2, 0) is 0 Å². The largest absolute Gasteiger partial charge is 0.392 e. The van der Waals surface area contributed by atoms with E-state index in [0.29, 0.717) is 16.7 Å². The molecule has 0 aliphatic heterocycles. The van der Waals surface area contributed by atoms with E-state index in [1.807, 2.05) is 0 Å². The summed E-state index contributed by atoms with van der Waals surface area (Å²) in [6.07, 6.45) is 3.36. The highest BCUT2D eigenvalue weighted by Gasteiger charge is 2.16. The standard InChI is InChI=1S/C8H7NO4S/c10-3-1-2-6-4-7(5-11)14-8(6)9(12)13/h1-2,4-5,10H,3H2. The van der Waals surface area contributed by atoms with Gasteiger partial charge in [-0.05, 0) is 12.1 Å². The van der Waals surface area contributed by atoms with E-state index >= 15 is 0 Å².